The second-order valence-electron chi connectivity index (χ2n) is 4.68. The minimum Gasteiger partial charge on any atom is -0.313 e. The van der Waals surface area contributed by atoms with Crippen molar-refractivity contribution in [3.63, 3.8) is 0 Å². The number of aryl methyl sites for hydroxylation is 1. The summed E-state index contributed by atoms with van der Waals surface area (Å²) in [5.41, 5.74) is 2.97. The van der Waals surface area contributed by atoms with Crippen molar-refractivity contribution in [2.75, 3.05) is 7.05 Å². The van der Waals surface area contributed by atoms with Crippen molar-refractivity contribution in [1.29, 1.82) is 0 Å². The van der Waals surface area contributed by atoms with E-state index in [-0.39, 0.29) is 6.04 Å². The largest absolute Gasteiger partial charge is 0.313 e. The summed E-state index contributed by atoms with van der Waals surface area (Å²) in [4.78, 5) is 0. The average Bonchev–Trinajstić information content (AvgIpc) is 2.36. The summed E-state index contributed by atoms with van der Waals surface area (Å²) in [5.74, 6) is -1.07. The van der Waals surface area contributed by atoms with Crippen molar-refractivity contribution in [2.24, 2.45) is 0 Å². The number of nitrogens with one attached hydrogen (secondary N) is 1. The van der Waals surface area contributed by atoms with E-state index in [9.17, 15) is 8.78 Å². The van der Waals surface area contributed by atoms with Gasteiger partial charge in [0.2, 0.25) is 0 Å². The van der Waals surface area contributed by atoms with Gasteiger partial charge in [0.1, 0.15) is 11.6 Å². The van der Waals surface area contributed by atoms with Gasteiger partial charge in [-0.1, -0.05) is 24.3 Å². The highest BCUT2D eigenvalue weighted by molar-refractivity contribution is 5.31. The first kappa shape index (κ1) is 13.7. The fraction of sp³-hybridized carbons (Fsp3) is 0.250. The van der Waals surface area contributed by atoms with Gasteiger partial charge in [-0.15, -0.1) is 0 Å². The molecule has 0 heterocycles. The van der Waals surface area contributed by atoms with Gasteiger partial charge < -0.3 is 5.32 Å². The van der Waals surface area contributed by atoms with Gasteiger partial charge in [-0.25, -0.2) is 8.78 Å². The van der Waals surface area contributed by atoms with Crippen LogP contribution in [0.5, 0.6) is 0 Å². The summed E-state index contributed by atoms with van der Waals surface area (Å²) in [6, 6.07) is 11.7. The highest BCUT2D eigenvalue weighted by Crippen LogP contribution is 2.22. The van der Waals surface area contributed by atoms with E-state index in [1.165, 1.54) is 17.7 Å². The topological polar surface area (TPSA) is 12.0 Å². The van der Waals surface area contributed by atoms with Gasteiger partial charge in [0.25, 0.3) is 0 Å². The van der Waals surface area contributed by atoms with Crippen molar-refractivity contribution in [3.8, 4) is 0 Å². The number of hydrogen-bond donors (Lipinski definition) is 1. The number of likely N-dealkylation sites (N-methyl/N-ethyl adjacent to an activating group) is 1. The van der Waals surface area contributed by atoms with E-state index in [2.05, 4.69) is 5.32 Å². The molecule has 0 saturated carbocycles. The van der Waals surface area contributed by atoms with E-state index in [0.29, 0.717) is 12.0 Å². The quantitative estimate of drug-likeness (QED) is 0.883. The Morgan fingerprint density at radius 3 is 2.26 bits per heavy atom. The maximum absolute atomic E-state index is 13.2. The fourth-order valence-electron chi connectivity index (χ4n) is 2.31. The van der Waals surface area contributed by atoms with Crippen LogP contribution in [0.15, 0.2) is 42.5 Å². The van der Waals surface area contributed by atoms with Crippen LogP contribution in [0.3, 0.4) is 0 Å². The Hall–Kier alpha value is -1.74. The van der Waals surface area contributed by atoms with E-state index in [0.717, 1.165) is 11.6 Å². The molecule has 1 atom stereocenters. The summed E-state index contributed by atoms with van der Waals surface area (Å²) in [7, 11) is 1.85. The molecule has 2 aromatic carbocycles. The van der Waals surface area contributed by atoms with Crippen molar-refractivity contribution < 1.29 is 8.78 Å². The molecule has 0 amide bonds. The molecule has 0 aliphatic rings. The van der Waals surface area contributed by atoms with Gasteiger partial charge in [-0.2, -0.15) is 0 Å². The van der Waals surface area contributed by atoms with Crippen LogP contribution in [0.1, 0.15) is 22.7 Å². The van der Waals surface area contributed by atoms with Gasteiger partial charge in [-0.3, -0.25) is 0 Å². The summed E-state index contributed by atoms with van der Waals surface area (Å²) < 4.78 is 26.4. The lowest BCUT2D eigenvalue weighted by molar-refractivity contribution is 0.561. The van der Waals surface area contributed by atoms with Gasteiger partial charge in [-0.05, 0) is 49.2 Å². The SMILES string of the molecule is CNC(Cc1cc(F)cc(F)c1)c1ccccc1C. The third kappa shape index (κ3) is 3.38. The molecule has 1 nitrogen and oxygen atoms in total. The van der Waals surface area contributed by atoms with Gasteiger partial charge in [0.05, 0.1) is 0 Å². The third-order valence-corrected chi connectivity index (χ3v) is 3.27. The Labute approximate surface area is 112 Å². The number of rotatable bonds is 4. The van der Waals surface area contributed by atoms with Gasteiger partial charge in [0, 0.05) is 12.1 Å². The van der Waals surface area contributed by atoms with Crippen LogP contribution in [0.4, 0.5) is 8.78 Å². The minimum absolute atomic E-state index is 0.0439. The van der Waals surface area contributed by atoms with Crippen molar-refractivity contribution in [3.05, 3.63) is 70.8 Å². The lowest BCUT2D eigenvalue weighted by Crippen LogP contribution is -2.20. The van der Waals surface area contributed by atoms with Crippen LogP contribution in [-0.4, -0.2) is 7.05 Å². The molecule has 3 heteroatoms. The minimum atomic E-state index is -0.533. The van der Waals surface area contributed by atoms with E-state index >= 15 is 0 Å². The molecule has 1 N–H and O–H groups in total. The van der Waals surface area contributed by atoms with E-state index in [1.807, 2.05) is 38.2 Å². The molecule has 0 radical (unpaired) electrons. The Morgan fingerprint density at radius 2 is 1.68 bits per heavy atom. The molecule has 2 aromatic rings. The number of benzene rings is 2. The number of halogens is 2. The highest BCUT2D eigenvalue weighted by atomic mass is 19.1. The zero-order valence-electron chi connectivity index (χ0n) is 11.1. The van der Waals surface area contributed by atoms with Crippen molar-refractivity contribution in [2.45, 2.75) is 19.4 Å². The molecule has 19 heavy (non-hydrogen) atoms. The molecule has 0 spiro atoms. The summed E-state index contributed by atoms with van der Waals surface area (Å²) >= 11 is 0. The molecule has 0 aliphatic heterocycles. The van der Waals surface area contributed by atoms with Crippen molar-refractivity contribution in [1.82, 2.24) is 5.32 Å². The second-order valence-corrected chi connectivity index (χ2v) is 4.68. The molecular formula is C16H17F2N. The predicted octanol–water partition coefficient (Wildman–Crippen LogP) is 3.78. The van der Waals surface area contributed by atoms with Crippen molar-refractivity contribution >= 4 is 0 Å². The van der Waals surface area contributed by atoms with E-state index in [4.69, 9.17) is 0 Å². The van der Waals surface area contributed by atoms with E-state index < -0.39 is 11.6 Å². The summed E-state index contributed by atoms with van der Waals surface area (Å²) in [6.45, 7) is 2.03. The predicted molar refractivity (Wildman–Crippen MR) is 73.0 cm³/mol. The molecule has 0 aliphatic carbocycles. The van der Waals surface area contributed by atoms with Crippen LogP contribution in [0, 0.1) is 18.6 Å². The van der Waals surface area contributed by atoms with Crippen LogP contribution < -0.4 is 5.32 Å². The molecule has 100 valence electrons. The molecule has 0 saturated heterocycles. The molecule has 2 rings (SSSR count). The van der Waals surface area contributed by atoms with Crippen LogP contribution in [0.25, 0.3) is 0 Å². The lowest BCUT2D eigenvalue weighted by Gasteiger charge is -2.19. The molecule has 0 fully saturated rings. The summed E-state index contributed by atoms with van der Waals surface area (Å²) in [6.07, 6.45) is 0.552. The van der Waals surface area contributed by atoms with Crippen LogP contribution >= 0.6 is 0 Å². The first-order valence-electron chi connectivity index (χ1n) is 6.28. The normalized spacial score (nSPS) is 12.4. The lowest BCUT2D eigenvalue weighted by atomic mass is 9.95. The van der Waals surface area contributed by atoms with Crippen LogP contribution in [0.2, 0.25) is 0 Å². The smallest absolute Gasteiger partial charge is 0.126 e. The first-order chi connectivity index (χ1) is 9.10. The maximum atomic E-state index is 13.2. The standard InChI is InChI=1S/C16H17F2N/c1-11-5-3-4-6-15(11)16(19-2)9-12-7-13(17)10-14(18)8-12/h3-8,10,16,19H,9H2,1-2H3. The summed E-state index contributed by atoms with van der Waals surface area (Å²) in [5, 5.41) is 3.20. The fourth-order valence-corrected chi connectivity index (χ4v) is 2.31. The third-order valence-electron chi connectivity index (χ3n) is 3.27. The van der Waals surface area contributed by atoms with Gasteiger partial charge >= 0.3 is 0 Å². The molecule has 0 aromatic heterocycles. The monoisotopic (exact) mass is 261 g/mol. The first-order valence-corrected chi connectivity index (χ1v) is 6.28. The Morgan fingerprint density at radius 1 is 1.05 bits per heavy atom. The van der Waals surface area contributed by atoms with Gasteiger partial charge in [0.15, 0.2) is 0 Å². The average molecular weight is 261 g/mol. The molecule has 0 bridgehead atoms. The zero-order valence-corrected chi connectivity index (χ0v) is 11.1. The second kappa shape index (κ2) is 5.93. The van der Waals surface area contributed by atoms with Crippen LogP contribution in [-0.2, 0) is 6.42 Å². The molecule has 1 unspecified atom stereocenters. The Balaban J connectivity index is 2.26. The maximum Gasteiger partial charge on any atom is 0.126 e. The highest BCUT2D eigenvalue weighted by Gasteiger charge is 2.13. The zero-order chi connectivity index (χ0) is 13.8. The van der Waals surface area contributed by atoms with E-state index in [1.54, 1.807) is 0 Å². The Bertz CT molecular complexity index is 546. The molecular weight excluding hydrogens is 244 g/mol. The number of hydrogen-bond acceptors (Lipinski definition) is 1. The Kier molecular flexibility index (Phi) is 4.27.